The SMILES string of the molecule is C=CCON=C1CCCCC1(C(=S)NC)c1cc(O)ccc1O. The van der Waals surface area contributed by atoms with Crippen LogP contribution in [0.1, 0.15) is 31.2 Å². The fraction of sp³-hybridized carbons (Fsp3) is 0.412. The molecule has 1 aliphatic carbocycles. The Balaban J connectivity index is 2.60. The third kappa shape index (κ3) is 3.32. The maximum absolute atomic E-state index is 10.4. The summed E-state index contributed by atoms with van der Waals surface area (Å²) in [5.41, 5.74) is 0.537. The van der Waals surface area contributed by atoms with Crippen molar-refractivity contribution in [2.24, 2.45) is 5.16 Å². The van der Waals surface area contributed by atoms with E-state index in [2.05, 4.69) is 17.1 Å². The summed E-state index contributed by atoms with van der Waals surface area (Å²) in [4.78, 5) is 5.86. The molecule has 0 heterocycles. The average Bonchev–Trinajstić information content (AvgIpc) is 2.57. The molecule has 0 aliphatic heterocycles. The molecule has 0 saturated heterocycles. The van der Waals surface area contributed by atoms with E-state index in [1.807, 2.05) is 0 Å². The van der Waals surface area contributed by atoms with Crippen LogP contribution in [-0.4, -0.2) is 34.6 Å². The van der Waals surface area contributed by atoms with Gasteiger partial charge in [0.1, 0.15) is 18.1 Å². The van der Waals surface area contributed by atoms with E-state index in [9.17, 15) is 10.2 Å². The summed E-state index contributed by atoms with van der Waals surface area (Å²) >= 11 is 5.57. The molecule has 23 heavy (non-hydrogen) atoms. The molecule has 1 saturated carbocycles. The Labute approximate surface area is 141 Å². The van der Waals surface area contributed by atoms with E-state index in [0.717, 1.165) is 18.6 Å². The molecule has 3 N–H and O–H groups in total. The minimum atomic E-state index is -0.772. The van der Waals surface area contributed by atoms with Crippen molar-refractivity contribution in [2.45, 2.75) is 31.1 Å². The van der Waals surface area contributed by atoms with Crippen LogP contribution >= 0.6 is 12.2 Å². The van der Waals surface area contributed by atoms with Crippen molar-refractivity contribution in [2.75, 3.05) is 13.7 Å². The van der Waals surface area contributed by atoms with Crippen LogP contribution in [0.5, 0.6) is 11.5 Å². The number of benzene rings is 1. The minimum Gasteiger partial charge on any atom is -0.508 e. The Hall–Kier alpha value is -2.08. The van der Waals surface area contributed by atoms with E-state index in [4.69, 9.17) is 17.1 Å². The highest BCUT2D eigenvalue weighted by Gasteiger charge is 2.45. The van der Waals surface area contributed by atoms with Crippen LogP contribution in [0.2, 0.25) is 0 Å². The first kappa shape index (κ1) is 17.3. The highest BCUT2D eigenvalue weighted by molar-refractivity contribution is 7.80. The first-order valence-electron chi connectivity index (χ1n) is 7.61. The Morgan fingerprint density at radius 2 is 2.26 bits per heavy atom. The number of likely N-dealkylation sites (N-methyl/N-ethyl adjacent to an activating group) is 1. The highest BCUT2D eigenvalue weighted by atomic mass is 32.1. The zero-order valence-electron chi connectivity index (χ0n) is 13.2. The summed E-state index contributed by atoms with van der Waals surface area (Å²) in [6, 6.07) is 4.47. The zero-order chi connectivity index (χ0) is 16.9. The summed E-state index contributed by atoms with van der Waals surface area (Å²) in [5.74, 6) is 0.159. The van der Waals surface area contributed by atoms with Crippen LogP contribution in [0.4, 0.5) is 0 Å². The molecule has 6 heteroatoms. The maximum atomic E-state index is 10.4. The van der Waals surface area contributed by atoms with Gasteiger partial charge in [0.05, 0.1) is 16.1 Å². The van der Waals surface area contributed by atoms with Gasteiger partial charge in [0, 0.05) is 12.6 Å². The molecule has 1 aromatic carbocycles. The largest absolute Gasteiger partial charge is 0.508 e. The topological polar surface area (TPSA) is 74.1 Å². The number of hydrogen-bond donors (Lipinski definition) is 3. The molecule has 1 aliphatic rings. The molecule has 1 aromatic rings. The fourth-order valence-corrected chi connectivity index (χ4v) is 3.40. The summed E-state index contributed by atoms with van der Waals surface area (Å²) < 4.78 is 0. The highest BCUT2D eigenvalue weighted by Crippen LogP contribution is 2.43. The lowest BCUT2D eigenvalue weighted by Gasteiger charge is -2.39. The lowest BCUT2D eigenvalue weighted by molar-refractivity contribution is 0.171. The minimum absolute atomic E-state index is 0.0769. The van der Waals surface area contributed by atoms with Crippen LogP contribution in [-0.2, 0) is 10.3 Å². The molecule has 5 nitrogen and oxygen atoms in total. The molecule has 1 atom stereocenters. The van der Waals surface area contributed by atoms with Crippen LogP contribution in [0.25, 0.3) is 0 Å². The van der Waals surface area contributed by atoms with E-state index in [0.29, 0.717) is 30.0 Å². The molecule has 2 rings (SSSR count). The number of nitrogens with zero attached hydrogens (tertiary/aromatic N) is 1. The average molecular weight is 334 g/mol. The van der Waals surface area contributed by atoms with Crippen LogP contribution in [0.3, 0.4) is 0 Å². The van der Waals surface area contributed by atoms with Crippen molar-refractivity contribution in [3.8, 4) is 11.5 Å². The number of nitrogens with one attached hydrogen (secondary N) is 1. The van der Waals surface area contributed by atoms with Gasteiger partial charge in [-0.2, -0.15) is 0 Å². The smallest absolute Gasteiger partial charge is 0.135 e. The van der Waals surface area contributed by atoms with Gasteiger partial charge in [-0.25, -0.2) is 0 Å². The van der Waals surface area contributed by atoms with Crippen molar-refractivity contribution in [3.63, 3.8) is 0 Å². The van der Waals surface area contributed by atoms with Crippen LogP contribution in [0, 0.1) is 0 Å². The Morgan fingerprint density at radius 1 is 1.48 bits per heavy atom. The molecule has 0 radical (unpaired) electrons. The second kappa shape index (κ2) is 7.46. The summed E-state index contributed by atoms with van der Waals surface area (Å²) in [6.45, 7) is 3.91. The maximum Gasteiger partial charge on any atom is 0.135 e. The summed E-state index contributed by atoms with van der Waals surface area (Å²) in [7, 11) is 1.75. The monoisotopic (exact) mass is 334 g/mol. The van der Waals surface area contributed by atoms with Crippen molar-refractivity contribution in [1.82, 2.24) is 5.32 Å². The van der Waals surface area contributed by atoms with Crippen molar-refractivity contribution < 1.29 is 15.1 Å². The number of hydrogen-bond acceptors (Lipinski definition) is 5. The first-order valence-corrected chi connectivity index (χ1v) is 8.02. The van der Waals surface area contributed by atoms with Gasteiger partial charge in [-0.05, 0) is 37.5 Å². The van der Waals surface area contributed by atoms with Crippen LogP contribution < -0.4 is 5.32 Å². The summed E-state index contributed by atoms with van der Waals surface area (Å²) in [6.07, 6.45) is 4.95. The predicted molar refractivity (Wildman–Crippen MR) is 95.2 cm³/mol. The van der Waals surface area contributed by atoms with Crippen molar-refractivity contribution in [1.29, 1.82) is 0 Å². The Morgan fingerprint density at radius 3 is 2.96 bits per heavy atom. The third-order valence-electron chi connectivity index (χ3n) is 4.13. The van der Waals surface area contributed by atoms with E-state index in [-0.39, 0.29) is 11.5 Å². The molecular formula is C17H22N2O3S. The van der Waals surface area contributed by atoms with E-state index in [1.165, 1.54) is 12.1 Å². The molecular weight excluding hydrogens is 312 g/mol. The number of aromatic hydroxyl groups is 2. The fourth-order valence-electron chi connectivity index (χ4n) is 3.07. The van der Waals surface area contributed by atoms with Gasteiger partial charge in [0.2, 0.25) is 0 Å². The van der Waals surface area contributed by atoms with Gasteiger partial charge < -0.3 is 20.4 Å². The van der Waals surface area contributed by atoms with Gasteiger partial charge in [-0.3, -0.25) is 0 Å². The van der Waals surface area contributed by atoms with E-state index >= 15 is 0 Å². The molecule has 1 fully saturated rings. The van der Waals surface area contributed by atoms with Gasteiger partial charge in [-0.15, -0.1) is 0 Å². The standard InChI is InChI=1S/C17H22N2O3S/c1-3-10-22-19-15-6-4-5-9-17(15,16(23)18-2)13-11-12(20)7-8-14(13)21/h3,7-8,11,20-21H,1,4-6,9-10H2,2H3,(H,18,23). The molecule has 124 valence electrons. The van der Waals surface area contributed by atoms with E-state index in [1.54, 1.807) is 19.2 Å². The summed E-state index contributed by atoms with van der Waals surface area (Å²) in [5, 5.41) is 27.5. The lowest BCUT2D eigenvalue weighted by Crippen LogP contribution is -2.50. The molecule has 0 amide bonds. The zero-order valence-corrected chi connectivity index (χ0v) is 14.0. The predicted octanol–water partition coefficient (Wildman–Crippen LogP) is 3.02. The van der Waals surface area contributed by atoms with Crippen molar-refractivity contribution in [3.05, 3.63) is 36.4 Å². The van der Waals surface area contributed by atoms with Gasteiger partial charge >= 0.3 is 0 Å². The number of thiocarbonyl (C=S) groups is 1. The molecule has 0 spiro atoms. The molecule has 0 aromatic heterocycles. The third-order valence-corrected chi connectivity index (χ3v) is 4.68. The van der Waals surface area contributed by atoms with Gasteiger partial charge in [0.25, 0.3) is 0 Å². The first-order chi connectivity index (χ1) is 11.1. The van der Waals surface area contributed by atoms with Crippen LogP contribution in [0.15, 0.2) is 36.0 Å². The van der Waals surface area contributed by atoms with E-state index < -0.39 is 5.41 Å². The second-order valence-corrected chi connectivity index (χ2v) is 5.92. The normalized spacial score (nSPS) is 22.6. The van der Waals surface area contributed by atoms with Gasteiger partial charge in [0.15, 0.2) is 0 Å². The van der Waals surface area contributed by atoms with Gasteiger partial charge in [-0.1, -0.05) is 36.4 Å². The van der Waals surface area contributed by atoms with Crippen molar-refractivity contribution >= 4 is 22.9 Å². The number of phenolic OH excluding ortho intramolecular Hbond substituents is 2. The molecule has 1 unspecified atom stereocenters. The number of oxime groups is 1. The second-order valence-electron chi connectivity index (χ2n) is 5.52. The number of rotatable bonds is 5. The Kier molecular flexibility index (Phi) is 5.60. The molecule has 0 bridgehead atoms. The quantitative estimate of drug-likeness (QED) is 0.254. The Bertz CT molecular complexity index is 630. The lowest BCUT2D eigenvalue weighted by atomic mass is 9.67. The number of phenols is 2.